The molecule has 0 spiro atoms. The molecule has 3 rings (SSSR count). The molecule has 6 nitrogen and oxygen atoms in total. The summed E-state index contributed by atoms with van der Waals surface area (Å²) >= 11 is 1.65. The molecule has 1 unspecified atom stereocenters. The van der Waals surface area contributed by atoms with E-state index in [0.717, 1.165) is 47.7 Å². The lowest BCUT2D eigenvalue weighted by molar-refractivity contribution is -0.148. The Kier molecular flexibility index (Phi) is 8.70. The minimum absolute atomic E-state index is 0.129. The smallest absolute Gasteiger partial charge is 0.324 e. The van der Waals surface area contributed by atoms with Crippen LogP contribution < -0.4 is 0 Å². The number of esters is 1. The normalized spacial score (nSPS) is 12.6. The molecule has 0 aliphatic carbocycles. The summed E-state index contributed by atoms with van der Waals surface area (Å²) in [5.74, 6) is 1.26. The first-order valence-corrected chi connectivity index (χ1v) is 12.2. The molecule has 3 aromatic rings. The van der Waals surface area contributed by atoms with Crippen LogP contribution in [0, 0.1) is 12.8 Å². The predicted octanol–water partition coefficient (Wildman–Crippen LogP) is 5.48. The number of carbonyl (C=O) groups is 1. The van der Waals surface area contributed by atoms with Crippen molar-refractivity contribution in [3.8, 4) is 0 Å². The Morgan fingerprint density at radius 2 is 1.94 bits per heavy atom. The maximum Gasteiger partial charge on any atom is 0.324 e. The zero-order valence-corrected chi connectivity index (χ0v) is 20.6. The second-order valence-corrected chi connectivity index (χ2v) is 9.51. The van der Waals surface area contributed by atoms with Crippen molar-refractivity contribution in [3.63, 3.8) is 0 Å². The van der Waals surface area contributed by atoms with Crippen LogP contribution in [0.5, 0.6) is 0 Å². The van der Waals surface area contributed by atoms with E-state index >= 15 is 0 Å². The zero-order valence-electron chi connectivity index (χ0n) is 19.7. The third-order valence-corrected chi connectivity index (χ3v) is 6.43. The van der Waals surface area contributed by atoms with Crippen LogP contribution in [0.4, 0.5) is 0 Å². The van der Waals surface area contributed by atoms with Crippen molar-refractivity contribution in [3.05, 3.63) is 54.1 Å². The van der Waals surface area contributed by atoms with Gasteiger partial charge in [-0.2, -0.15) is 0 Å². The van der Waals surface area contributed by atoms with E-state index in [4.69, 9.17) is 4.74 Å². The lowest BCUT2D eigenvalue weighted by Gasteiger charge is -2.29. The number of pyridine rings is 1. The van der Waals surface area contributed by atoms with Crippen LogP contribution in [0.3, 0.4) is 0 Å². The number of fused-ring (bicyclic) bond motifs is 1. The number of hydrogen-bond donors (Lipinski definition) is 0. The van der Waals surface area contributed by atoms with Gasteiger partial charge in [0.05, 0.1) is 18.3 Å². The second-order valence-electron chi connectivity index (χ2n) is 8.38. The Morgan fingerprint density at radius 1 is 1.19 bits per heavy atom. The molecule has 1 aromatic carbocycles. The molecule has 2 aromatic heterocycles. The number of rotatable bonds is 11. The highest BCUT2D eigenvalue weighted by atomic mass is 32.2. The van der Waals surface area contributed by atoms with Gasteiger partial charge in [-0.05, 0) is 68.3 Å². The van der Waals surface area contributed by atoms with Crippen molar-refractivity contribution in [2.24, 2.45) is 5.92 Å². The van der Waals surface area contributed by atoms with Gasteiger partial charge in [0.2, 0.25) is 0 Å². The number of aryl methyl sites for hydroxylation is 1. The third kappa shape index (κ3) is 6.11. The molecule has 0 aliphatic rings. The summed E-state index contributed by atoms with van der Waals surface area (Å²) in [5.41, 5.74) is 3.22. The van der Waals surface area contributed by atoms with Gasteiger partial charge in [-0.1, -0.05) is 32.9 Å². The van der Waals surface area contributed by atoms with E-state index in [0.29, 0.717) is 12.5 Å². The topological polar surface area (TPSA) is 60.2 Å². The highest BCUT2D eigenvalue weighted by Crippen LogP contribution is 2.29. The zero-order chi connectivity index (χ0) is 23.1. The average Bonchev–Trinajstić information content (AvgIpc) is 3.08. The van der Waals surface area contributed by atoms with Crippen molar-refractivity contribution >= 4 is 29.0 Å². The molecular formula is C25H34N4O2S. The van der Waals surface area contributed by atoms with E-state index in [1.807, 2.05) is 19.9 Å². The van der Waals surface area contributed by atoms with Crippen molar-refractivity contribution < 1.29 is 9.53 Å². The van der Waals surface area contributed by atoms with Crippen LogP contribution in [-0.4, -0.2) is 44.0 Å². The highest BCUT2D eigenvalue weighted by Gasteiger charge is 2.28. The molecule has 32 heavy (non-hydrogen) atoms. The summed E-state index contributed by atoms with van der Waals surface area (Å²) in [4.78, 5) is 22.6. The van der Waals surface area contributed by atoms with Crippen molar-refractivity contribution in [2.45, 2.75) is 64.9 Å². The van der Waals surface area contributed by atoms with Gasteiger partial charge in [0.1, 0.15) is 17.4 Å². The third-order valence-electron chi connectivity index (χ3n) is 5.27. The number of hydrogen-bond acceptors (Lipinski definition) is 6. The van der Waals surface area contributed by atoms with Gasteiger partial charge in [-0.25, -0.2) is 9.29 Å². The minimum Gasteiger partial charge on any atom is -0.465 e. The number of aromatic nitrogens is 3. The number of imidazole rings is 1. The Balaban J connectivity index is 1.75. The van der Waals surface area contributed by atoms with Gasteiger partial charge in [0.25, 0.3) is 0 Å². The molecular weight excluding hydrogens is 420 g/mol. The molecule has 1 atom stereocenters. The van der Waals surface area contributed by atoms with E-state index in [-0.39, 0.29) is 12.0 Å². The molecule has 0 fully saturated rings. The summed E-state index contributed by atoms with van der Waals surface area (Å²) in [6, 6.07) is 10.3. The SMILES string of the molecule is CCCN(Sc1ccc(Cn2c(C)nc3cnccc32)cc1)C(CC(C)C)C(=O)OCC. The van der Waals surface area contributed by atoms with E-state index in [9.17, 15) is 4.79 Å². The quantitative estimate of drug-likeness (QED) is 0.282. The number of nitrogens with zero attached hydrogens (tertiary/aromatic N) is 4. The summed E-state index contributed by atoms with van der Waals surface area (Å²) in [6.45, 7) is 12.3. The van der Waals surface area contributed by atoms with E-state index in [2.05, 4.69) is 63.9 Å². The van der Waals surface area contributed by atoms with Gasteiger partial charge >= 0.3 is 5.97 Å². The average molecular weight is 455 g/mol. The van der Waals surface area contributed by atoms with Gasteiger partial charge in [0, 0.05) is 24.2 Å². The van der Waals surface area contributed by atoms with Crippen LogP contribution in [0.1, 0.15) is 51.9 Å². The van der Waals surface area contributed by atoms with Gasteiger partial charge in [-0.15, -0.1) is 0 Å². The van der Waals surface area contributed by atoms with Gasteiger partial charge < -0.3 is 9.30 Å². The lowest BCUT2D eigenvalue weighted by atomic mass is 10.0. The Bertz CT molecular complexity index is 1020. The fraction of sp³-hybridized carbons (Fsp3) is 0.480. The Morgan fingerprint density at radius 3 is 2.59 bits per heavy atom. The standard InChI is InChI=1S/C25H34N4O2S/c1-6-14-29(24(15-18(3)4)25(30)31-7-2)32-21-10-8-20(9-11-21)17-28-19(5)27-22-16-26-13-12-23(22)28/h8-13,16,18,24H,6-7,14-15,17H2,1-5H3. The lowest BCUT2D eigenvalue weighted by Crippen LogP contribution is -2.39. The van der Waals surface area contributed by atoms with Crippen molar-refractivity contribution in [1.29, 1.82) is 0 Å². The van der Waals surface area contributed by atoms with Crippen LogP contribution in [0.15, 0.2) is 47.6 Å². The largest absolute Gasteiger partial charge is 0.465 e. The molecule has 0 radical (unpaired) electrons. The summed E-state index contributed by atoms with van der Waals surface area (Å²) in [5, 5.41) is 0. The summed E-state index contributed by atoms with van der Waals surface area (Å²) in [7, 11) is 0. The molecule has 0 amide bonds. The maximum absolute atomic E-state index is 12.7. The Labute approximate surface area is 195 Å². The van der Waals surface area contributed by atoms with Crippen molar-refractivity contribution in [2.75, 3.05) is 13.2 Å². The first kappa shape index (κ1) is 24.3. The maximum atomic E-state index is 12.7. The molecule has 0 bridgehead atoms. The summed E-state index contributed by atoms with van der Waals surface area (Å²) < 4.78 is 9.79. The number of benzene rings is 1. The Hall–Kier alpha value is -2.38. The monoisotopic (exact) mass is 454 g/mol. The molecule has 0 saturated heterocycles. The number of carbonyl (C=O) groups excluding carboxylic acids is 1. The van der Waals surface area contributed by atoms with Crippen LogP contribution in [0.25, 0.3) is 11.0 Å². The van der Waals surface area contributed by atoms with Crippen LogP contribution in [0.2, 0.25) is 0 Å². The highest BCUT2D eigenvalue weighted by molar-refractivity contribution is 7.97. The molecule has 0 aliphatic heterocycles. The fourth-order valence-electron chi connectivity index (χ4n) is 3.78. The molecule has 0 N–H and O–H groups in total. The molecule has 7 heteroatoms. The predicted molar refractivity (Wildman–Crippen MR) is 131 cm³/mol. The van der Waals surface area contributed by atoms with Gasteiger partial charge in [-0.3, -0.25) is 9.78 Å². The first-order valence-electron chi connectivity index (χ1n) is 11.4. The molecule has 0 saturated carbocycles. The number of ether oxygens (including phenoxy) is 1. The van der Waals surface area contributed by atoms with Crippen LogP contribution >= 0.6 is 11.9 Å². The van der Waals surface area contributed by atoms with Crippen LogP contribution in [-0.2, 0) is 16.1 Å². The van der Waals surface area contributed by atoms with E-state index in [1.54, 1.807) is 24.3 Å². The van der Waals surface area contributed by atoms with E-state index < -0.39 is 0 Å². The summed E-state index contributed by atoms with van der Waals surface area (Å²) in [6.07, 6.45) is 5.36. The van der Waals surface area contributed by atoms with Crippen molar-refractivity contribution in [1.82, 2.24) is 18.8 Å². The fourth-order valence-corrected chi connectivity index (χ4v) is 4.88. The second kappa shape index (κ2) is 11.5. The molecule has 172 valence electrons. The minimum atomic E-state index is -0.242. The molecule has 2 heterocycles. The van der Waals surface area contributed by atoms with E-state index in [1.165, 1.54) is 5.56 Å². The van der Waals surface area contributed by atoms with Gasteiger partial charge in [0.15, 0.2) is 0 Å². The first-order chi connectivity index (χ1) is 15.4.